The molecule has 0 saturated heterocycles. The van der Waals surface area contributed by atoms with Gasteiger partial charge in [0.15, 0.2) is 0 Å². The van der Waals surface area contributed by atoms with Gasteiger partial charge in [-0.15, -0.1) is 0 Å². The van der Waals surface area contributed by atoms with Crippen molar-refractivity contribution in [2.75, 3.05) is 7.05 Å². The van der Waals surface area contributed by atoms with Crippen LogP contribution in [0.4, 0.5) is 5.69 Å². The van der Waals surface area contributed by atoms with Crippen molar-refractivity contribution in [2.45, 2.75) is 25.9 Å². The zero-order valence-corrected chi connectivity index (χ0v) is 9.14. The van der Waals surface area contributed by atoms with Gasteiger partial charge in [0.2, 0.25) is 0 Å². The third kappa shape index (κ3) is 1.72. The van der Waals surface area contributed by atoms with E-state index in [1.54, 1.807) is 12.4 Å². The van der Waals surface area contributed by atoms with Gasteiger partial charge in [0.1, 0.15) is 12.0 Å². The zero-order chi connectivity index (χ0) is 10.8. The Morgan fingerprint density at radius 1 is 1.53 bits per heavy atom. The topological polar surface area (TPSA) is 54.5 Å². The van der Waals surface area contributed by atoms with E-state index in [1.807, 2.05) is 18.0 Å². The predicted octanol–water partition coefficient (Wildman–Crippen LogP) is 1.81. The molecule has 1 atom stereocenters. The van der Waals surface area contributed by atoms with Gasteiger partial charge in [0.05, 0.1) is 11.9 Å². The summed E-state index contributed by atoms with van der Waals surface area (Å²) >= 11 is 0. The lowest BCUT2D eigenvalue weighted by atomic mass is 10.1. The second kappa shape index (κ2) is 3.98. The van der Waals surface area contributed by atoms with Gasteiger partial charge >= 0.3 is 0 Å². The molecule has 0 aromatic carbocycles. The molecule has 0 bridgehead atoms. The highest BCUT2D eigenvalue weighted by molar-refractivity contribution is 5.87. The van der Waals surface area contributed by atoms with Crippen LogP contribution in [-0.2, 0) is 0 Å². The smallest absolute Gasteiger partial charge is 0.106 e. The number of aliphatic imine (C=N–C) groups is 1. The Kier molecular flexibility index (Phi) is 2.68. The molecule has 0 saturated carbocycles. The van der Waals surface area contributed by atoms with Crippen LogP contribution in [-0.4, -0.2) is 22.8 Å². The number of pyridine rings is 1. The molecule has 80 valence electrons. The minimum absolute atomic E-state index is 0.0953. The monoisotopic (exact) mass is 204 g/mol. The first kappa shape index (κ1) is 10.1. The average Bonchev–Trinajstić information content (AvgIpc) is 2.26. The Balaban J connectivity index is 2.42. The van der Waals surface area contributed by atoms with Crippen LogP contribution in [0.25, 0.3) is 0 Å². The summed E-state index contributed by atoms with van der Waals surface area (Å²) in [6.45, 7) is 2.14. The van der Waals surface area contributed by atoms with Crippen molar-refractivity contribution < 1.29 is 0 Å². The maximum absolute atomic E-state index is 6.13. The van der Waals surface area contributed by atoms with Crippen LogP contribution in [0.2, 0.25) is 0 Å². The maximum Gasteiger partial charge on any atom is 0.106 e. The van der Waals surface area contributed by atoms with E-state index in [1.165, 1.54) is 0 Å². The molecule has 0 radical (unpaired) electrons. The molecule has 0 aliphatic carbocycles. The SMILES string of the molecule is CCCC1=Nc2cnccc2C(N)N1C. The van der Waals surface area contributed by atoms with Crippen molar-refractivity contribution in [3.8, 4) is 0 Å². The van der Waals surface area contributed by atoms with Crippen molar-refractivity contribution in [3.05, 3.63) is 24.0 Å². The Labute approximate surface area is 89.8 Å². The molecule has 1 aromatic heterocycles. The maximum atomic E-state index is 6.13. The van der Waals surface area contributed by atoms with Gasteiger partial charge in [-0.05, 0) is 12.5 Å². The Bertz CT molecular complexity index is 386. The highest BCUT2D eigenvalue weighted by Gasteiger charge is 2.23. The number of hydrogen-bond acceptors (Lipinski definition) is 4. The Morgan fingerprint density at radius 2 is 2.33 bits per heavy atom. The van der Waals surface area contributed by atoms with Crippen molar-refractivity contribution >= 4 is 11.5 Å². The van der Waals surface area contributed by atoms with Crippen LogP contribution in [0.1, 0.15) is 31.5 Å². The number of fused-ring (bicyclic) bond motifs is 1. The lowest BCUT2D eigenvalue weighted by molar-refractivity contribution is 0.371. The van der Waals surface area contributed by atoms with E-state index in [9.17, 15) is 0 Å². The molecular formula is C11H16N4. The molecule has 1 aromatic rings. The quantitative estimate of drug-likeness (QED) is 0.799. The fraction of sp³-hybridized carbons (Fsp3) is 0.455. The Morgan fingerprint density at radius 3 is 3.07 bits per heavy atom. The predicted molar refractivity (Wildman–Crippen MR) is 60.9 cm³/mol. The van der Waals surface area contributed by atoms with Gasteiger partial charge in [-0.25, -0.2) is 4.99 Å². The van der Waals surface area contributed by atoms with E-state index in [2.05, 4.69) is 16.9 Å². The zero-order valence-electron chi connectivity index (χ0n) is 9.14. The van der Waals surface area contributed by atoms with Gasteiger partial charge in [0, 0.05) is 25.2 Å². The van der Waals surface area contributed by atoms with Crippen molar-refractivity contribution in [2.24, 2.45) is 10.7 Å². The first-order valence-corrected chi connectivity index (χ1v) is 5.24. The molecule has 2 N–H and O–H groups in total. The molecule has 0 spiro atoms. The van der Waals surface area contributed by atoms with Crippen LogP contribution in [0, 0.1) is 0 Å². The van der Waals surface area contributed by atoms with Crippen LogP contribution in [0.15, 0.2) is 23.5 Å². The minimum atomic E-state index is -0.0953. The molecule has 2 rings (SSSR count). The molecule has 0 fully saturated rings. The summed E-state index contributed by atoms with van der Waals surface area (Å²) in [5.41, 5.74) is 8.09. The van der Waals surface area contributed by atoms with Crippen molar-refractivity contribution in [3.63, 3.8) is 0 Å². The first-order valence-electron chi connectivity index (χ1n) is 5.24. The molecule has 15 heavy (non-hydrogen) atoms. The van der Waals surface area contributed by atoms with Crippen LogP contribution in [0.3, 0.4) is 0 Å². The summed E-state index contributed by atoms with van der Waals surface area (Å²) in [5, 5.41) is 0. The van der Waals surface area contributed by atoms with E-state index in [-0.39, 0.29) is 6.17 Å². The fourth-order valence-electron chi connectivity index (χ4n) is 1.78. The second-order valence-corrected chi connectivity index (χ2v) is 3.77. The van der Waals surface area contributed by atoms with E-state index < -0.39 is 0 Å². The minimum Gasteiger partial charge on any atom is -0.344 e. The van der Waals surface area contributed by atoms with Crippen molar-refractivity contribution in [1.82, 2.24) is 9.88 Å². The van der Waals surface area contributed by atoms with Gasteiger partial charge in [-0.1, -0.05) is 6.92 Å². The highest BCUT2D eigenvalue weighted by atomic mass is 15.3. The van der Waals surface area contributed by atoms with E-state index in [4.69, 9.17) is 5.73 Å². The third-order valence-electron chi connectivity index (χ3n) is 2.70. The number of nitrogens with zero attached hydrogens (tertiary/aromatic N) is 3. The Hall–Kier alpha value is -1.42. The lowest BCUT2D eigenvalue weighted by Crippen LogP contribution is -2.38. The summed E-state index contributed by atoms with van der Waals surface area (Å²) in [4.78, 5) is 10.7. The lowest BCUT2D eigenvalue weighted by Gasteiger charge is -2.32. The molecular weight excluding hydrogens is 188 g/mol. The standard InChI is InChI=1S/C11H16N4/c1-3-4-10-14-9-7-13-6-5-8(9)11(12)15(10)2/h5-7,11H,3-4,12H2,1-2H3. The molecule has 1 unspecified atom stereocenters. The number of hydrogen-bond donors (Lipinski definition) is 1. The number of amidine groups is 1. The molecule has 0 amide bonds. The molecule has 4 nitrogen and oxygen atoms in total. The first-order chi connectivity index (χ1) is 7.24. The normalized spacial score (nSPS) is 19.8. The van der Waals surface area contributed by atoms with Gasteiger partial charge in [0.25, 0.3) is 0 Å². The number of rotatable bonds is 2. The van der Waals surface area contributed by atoms with Crippen molar-refractivity contribution in [1.29, 1.82) is 0 Å². The second-order valence-electron chi connectivity index (χ2n) is 3.77. The number of aromatic nitrogens is 1. The number of nitrogens with two attached hydrogens (primary N) is 1. The highest BCUT2D eigenvalue weighted by Crippen LogP contribution is 2.30. The molecule has 4 heteroatoms. The summed E-state index contributed by atoms with van der Waals surface area (Å²) in [6, 6.07) is 1.93. The van der Waals surface area contributed by atoms with Gasteiger partial charge in [-0.3, -0.25) is 4.98 Å². The summed E-state index contributed by atoms with van der Waals surface area (Å²) in [7, 11) is 1.99. The van der Waals surface area contributed by atoms with E-state index in [0.717, 1.165) is 29.9 Å². The van der Waals surface area contributed by atoms with Crippen LogP contribution in [0.5, 0.6) is 0 Å². The van der Waals surface area contributed by atoms with E-state index >= 15 is 0 Å². The summed E-state index contributed by atoms with van der Waals surface area (Å²) in [5.74, 6) is 1.05. The van der Waals surface area contributed by atoms with E-state index in [0.29, 0.717) is 0 Å². The van der Waals surface area contributed by atoms with Crippen LogP contribution >= 0.6 is 0 Å². The summed E-state index contributed by atoms with van der Waals surface area (Å²) < 4.78 is 0. The summed E-state index contributed by atoms with van der Waals surface area (Å²) in [6.07, 6.45) is 5.47. The molecule has 1 aliphatic heterocycles. The van der Waals surface area contributed by atoms with Gasteiger partial charge in [-0.2, -0.15) is 0 Å². The van der Waals surface area contributed by atoms with Gasteiger partial charge < -0.3 is 10.6 Å². The largest absolute Gasteiger partial charge is 0.344 e. The molecule has 2 heterocycles. The molecule has 1 aliphatic rings. The fourth-order valence-corrected chi connectivity index (χ4v) is 1.78. The third-order valence-corrected chi connectivity index (χ3v) is 2.70. The van der Waals surface area contributed by atoms with Crippen LogP contribution < -0.4 is 5.73 Å². The average molecular weight is 204 g/mol.